The van der Waals surface area contributed by atoms with E-state index in [0.717, 1.165) is 69.8 Å². The normalized spacial score (nSPS) is 18.2. The number of hydrogen-bond donors (Lipinski definition) is 1. The van der Waals surface area contributed by atoms with Crippen molar-refractivity contribution in [3.63, 3.8) is 0 Å². The second-order valence-electron chi connectivity index (χ2n) is 7.05. The van der Waals surface area contributed by atoms with Crippen LogP contribution in [-0.4, -0.2) is 62.6 Å². The van der Waals surface area contributed by atoms with Crippen LogP contribution in [0.15, 0.2) is 42.6 Å². The van der Waals surface area contributed by atoms with Gasteiger partial charge in [0, 0.05) is 37.9 Å². The van der Waals surface area contributed by atoms with Gasteiger partial charge in [0.05, 0.1) is 26.4 Å². The van der Waals surface area contributed by atoms with Crippen LogP contribution >= 0.6 is 0 Å². The molecule has 2 aromatic heterocycles. The largest absolute Gasteiger partial charge is 0.378 e. The molecule has 2 aliphatic rings. The van der Waals surface area contributed by atoms with E-state index in [1.807, 2.05) is 6.20 Å². The number of H-pyrrole nitrogens is 1. The highest BCUT2D eigenvalue weighted by Crippen LogP contribution is 2.30. The first-order valence-electron chi connectivity index (χ1n) is 9.62. The smallest absolute Gasteiger partial charge is 0.131 e. The van der Waals surface area contributed by atoms with Crippen LogP contribution in [0, 0.1) is 0 Å². The molecule has 2 fully saturated rings. The Kier molecular flexibility index (Phi) is 4.43. The summed E-state index contributed by atoms with van der Waals surface area (Å²) in [6.45, 7) is 6.57. The van der Waals surface area contributed by atoms with Gasteiger partial charge < -0.3 is 24.3 Å². The summed E-state index contributed by atoms with van der Waals surface area (Å²) in [5, 5.41) is 1.23. The average molecular weight is 364 g/mol. The van der Waals surface area contributed by atoms with Gasteiger partial charge in [0.15, 0.2) is 0 Å². The minimum atomic E-state index is 0.758. The number of hydrogen-bond acceptors (Lipinski definition) is 5. The van der Waals surface area contributed by atoms with Crippen molar-refractivity contribution in [2.45, 2.75) is 0 Å². The van der Waals surface area contributed by atoms with Crippen molar-refractivity contribution in [3.8, 4) is 11.1 Å². The Labute approximate surface area is 158 Å². The maximum Gasteiger partial charge on any atom is 0.131 e. The maximum absolute atomic E-state index is 5.52. The molecule has 6 nitrogen and oxygen atoms in total. The van der Waals surface area contributed by atoms with E-state index in [2.05, 4.69) is 51.2 Å². The second kappa shape index (κ2) is 7.21. The first kappa shape index (κ1) is 16.6. The number of aromatic amines is 1. The second-order valence-corrected chi connectivity index (χ2v) is 7.05. The molecule has 0 amide bonds. The number of nitrogens with one attached hydrogen (secondary N) is 1. The van der Waals surface area contributed by atoms with E-state index in [1.165, 1.54) is 16.5 Å². The predicted octanol–water partition coefficient (Wildman–Crippen LogP) is 2.90. The van der Waals surface area contributed by atoms with E-state index in [-0.39, 0.29) is 0 Å². The highest BCUT2D eigenvalue weighted by molar-refractivity contribution is 5.86. The van der Waals surface area contributed by atoms with Gasteiger partial charge >= 0.3 is 0 Å². The van der Waals surface area contributed by atoms with Crippen LogP contribution in [0.3, 0.4) is 0 Å². The average Bonchev–Trinajstić information content (AvgIpc) is 3.22. The van der Waals surface area contributed by atoms with Gasteiger partial charge in [-0.25, -0.2) is 4.98 Å². The van der Waals surface area contributed by atoms with Gasteiger partial charge in [-0.3, -0.25) is 0 Å². The van der Waals surface area contributed by atoms with Crippen LogP contribution in [0.2, 0.25) is 0 Å². The topological polar surface area (TPSA) is 53.6 Å². The van der Waals surface area contributed by atoms with Crippen LogP contribution in [0.25, 0.3) is 22.0 Å². The predicted molar refractivity (Wildman–Crippen MR) is 108 cm³/mol. The van der Waals surface area contributed by atoms with Crippen molar-refractivity contribution >= 4 is 22.5 Å². The summed E-state index contributed by atoms with van der Waals surface area (Å²) in [7, 11) is 0. The molecule has 0 bridgehead atoms. The molecule has 0 saturated carbocycles. The van der Waals surface area contributed by atoms with Gasteiger partial charge in [-0.05, 0) is 46.8 Å². The Morgan fingerprint density at radius 1 is 0.741 bits per heavy atom. The minimum Gasteiger partial charge on any atom is -0.378 e. The van der Waals surface area contributed by atoms with Crippen LogP contribution in [-0.2, 0) is 9.47 Å². The molecule has 2 saturated heterocycles. The lowest BCUT2D eigenvalue weighted by atomic mass is 10.0. The van der Waals surface area contributed by atoms with Crippen molar-refractivity contribution in [2.75, 3.05) is 62.4 Å². The lowest BCUT2D eigenvalue weighted by molar-refractivity contribution is 0.121. The lowest BCUT2D eigenvalue weighted by Gasteiger charge is -2.32. The number of aromatic nitrogens is 2. The molecule has 0 atom stereocenters. The molecular weight excluding hydrogens is 340 g/mol. The van der Waals surface area contributed by atoms with Crippen molar-refractivity contribution in [1.29, 1.82) is 0 Å². The number of benzene rings is 1. The third-order valence-electron chi connectivity index (χ3n) is 5.36. The Hall–Kier alpha value is -2.57. The summed E-state index contributed by atoms with van der Waals surface area (Å²) in [5.74, 6) is 2.07. The number of pyridine rings is 1. The Morgan fingerprint density at radius 3 is 2.00 bits per heavy atom. The van der Waals surface area contributed by atoms with E-state index in [1.54, 1.807) is 0 Å². The standard InChI is InChI=1S/C21H24N4O2/c1-2-19-17(3-4-22-19)13-16(1)18-14-20(24-5-9-26-10-6-24)23-21(15-18)25-7-11-27-12-8-25/h1-4,13-15,22H,5-12H2. The van der Waals surface area contributed by atoms with E-state index < -0.39 is 0 Å². The van der Waals surface area contributed by atoms with Gasteiger partial charge in [-0.1, -0.05) is 6.07 Å². The first-order valence-corrected chi connectivity index (χ1v) is 9.62. The molecule has 6 heteroatoms. The summed E-state index contributed by atoms with van der Waals surface area (Å²) in [6, 6.07) is 13.1. The minimum absolute atomic E-state index is 0.758. The Balaban J connectivity index is 1.57. The van der Waals surface area contributed by atoms with Crippen LogP contribution in [0.4, 0.5) is 11.6 Å². The zero-order valence-corrected chi connectivity index (χ0v) is 15.4. The van der Waals surface area contributed by atoms with Crippen LogP contribution < -0.4 is 9.80 Å². The summed E-state index contributed by atoms with van der Waals surface area (Å²) in [5.41, 5.74) is 3.58. The monoisotopic (exact) mass is 364 g/mol. The van der Waals surface area contributed by atoms with Gasteiger partial charge in [-0.2, -0.15) is 0 Å². The van der Waals surface area contributed by atoms with Crippen LogP contribution in [0.5, 0.6) is 0 Å². The summed E-state index contributed by atoms with van der Waals surface area (Å²) in [4.78, 5) is 12.9. The molecule has 0 aliphatic carbocycles. The SMILES string of the molecule is c1cc2cc(-c3cc(N4CCOCC4)nc(N4CCOCC4)c3)ccc2[nH]1. The molecule has 4 heterocycles. The molecule has 3 aromatic rings. The van der Waals surface area contributed by atoms with Gasteiger partial charge in [-0.15, -0.1) is 0 Å². The molecule has 0 unspecified atom stereocenters. The fraction of sp³-hybridized carbons (Fsp3) is 0.381. The zero-order valence-electron chi connectivity index (χ0n) is 15.4. The number of morpholine rings is 2. The quantitative estimate of drug-likeness (QED) is 0.774. The number of fused-ring (bicyclic) bond motifs is 1. The highest BCUT2D eigenvalue weighted by atomic mass is 16.5. The van der Waals surface area contributed by atoms with E-state index in [9.17, 15) is 0 Å². The molecule has 140 valence electrons. The summed E-state index contributed by atoms with van der Waals surface area (Å²) < 4.78 is 11.0. The third kappa shape index (κ3) is 3.38. The number of ether oxygens (including phenoxy) is 2. The maximum atomic E-state index is 5.52. The first-order chi connectivity index (χ1) is 13.4. The Bertz CT molecular complexity index is 891. The molecule has 27 heavy (non-hydrogen) atoms. The summed E-state index contributed by atoms with van der Waals surface area (Å²) in [6.07, 6.45) is 1.99. The molecule has 0 radical (unpaired) electrons. The van der Waals surface area contributed by atoms with Crippen LogP contribution in [0.1, 0.15) is 0 Å². The zero-order chi connectivity index (χ0) is 18.1. The van der Waals surface area contributed by atoms with Crippen molar-refractivity contribution in [3.05, 3.63) is 42.6 Å². The van der Waals surface area contributed by atoms with E-state index >= 15 is 0 Å². The fourth-order valence-electron chi connectivity index (χ4n) is 3.81. The molecule has 0 spiro atoms. The van der Waals surface area contributed by atoms with Gasteiger partial charge in [0.1, 0.15) is 11.6 Å². The van der Waals surface area contributed by atoms with E-state index in [0.29, 0.717) is 0 Å². The molecule has 5 rings (SSSR count). The summed E-state index contributed by atoms with van der Waals surface area (Å²) >= 11 is 0. The number of nitrogens with zero attached hydrogens (tertiary/aromatic N) is 3. The van der Waals surface area contributed by atoms with Crippen molar-refractivity contribution < 1.29 is 9.47 Å². The third-order valence-corrected chi connectivity index (χ3v) is 5.36. The Morgan fingerprint density at radius 2 is 1.37 bits per heavy atom. The molecule has 1 aromatic carbocycles. The van der Waals surface area contributed by atoms with Crippen molar-refractivity contribution in [1.82, 2.24) is 9.97 Å². The fourth-order valence-corrected chi connectivity index (χ4v) is 3.81. The molecule has 2 aliphatic heterocycles. The number of rotatable bonds is 3. The molecule has 1 N–H and O–H groups in total. The lowest BCUT2D eigenvalue weighted by Crippen LogP contribution is -2.39. The highest BCUT2D eigenvalue weighted by Gasteiger charge is 2.19. The van der Waals surface area contributed by atoms with Gasteiger partial charge in [0.25, 0.3) is 0 Å². The van der Waals surface area contributed by atoms with Crippen molar-refractivity contribution in [2.24, 2.45) is 0 Å². The number of anilines is 2. The van der Waals surface area contributed by atoms with Gasteiger partial charge in [0.2, 0.25) is 0 Å². The molecular formula is C21H24N4O2. The van der Waals surface area contributed by atoms with E-state index in [4.69, 9.17) is 14.5 Å².